The Morgan fingerprint density at radius 1 is 1.47 bits per heavy atom. The number of hydrogen-bond donors (Lipinski definition) is 1. The van der Waals surface area contributed by atoms with Crippen LogP contribution in [0.4, 0.5) is 0 Å². The molecule has 0 saturated heterocycles. The molecule has 0 fully saturated rings. The molecule has 1 N–H and O–H groups in total. The number of aromatic nitrogens is 2. The SMILES string of the molecule is OC1CCCc2sc(-c3cscn3)nc21. The summed E-state index contributed by atoms with van der Waals surface area (Å²) in [7, 11) is 0. The molecule has 1 aliphatic rings. The number of thiazole rings is 2. The number of aliphatic hydroxyl groups excluding tert-OH is 1. The summed E-state index contributed by atoms with van der Waals surface area (Å²) in [5, 5.41) is 12.7. The second-order valence-corrected chi connectivity index (χ2v) is 5.41. The van der Waals surface area contributed by atoms with Crippen molar-refractivity contribution in [2.45, 2.75) is 25.4 Å². The van der Waals surface area contributed by atoms with Crippen LogP contribution in [0.1, 0.15) is 29.5 Å². The number of hydrogen-bond acceptors (Lipinski definition) is 5. The maximum absolute atomic E-state index is 9.80. The van der Waals surface area contributed by atoms with Crippen LogP contribution >= 0.6 is 22.7 Å². The molecule has 2 aromatic rings. The number of nitrogens with zero attached hydrogens (tertiary/aromatic N) is 2. The van der Waals surface area contributed by atoms with Gasteiger partial charge < -0.3 is 5.11 Å². The van der Waals surface area contributed by atoms with Gasteiger partial charge in [0.2, 0.25) is 0 Å². The van der Waals surface area contributed by atoms with Gasteiger partial charge in [0.05, 0.1) is 17.3 Å². The highest BCUT2D eigenvalue weighted by atomic mass is 32.1. The number of fused-ring (bicyclic) bond motifs is 1. The first-order chi connectivity index (χ1) is 7.34. The lowest BCUT2D eigenvalue weighted by atomic mass is 10.0. The second-order valence-electron chi connectivity index (χ2n) is 3.61. The van der Waals surface area contributed by atoms with E-state index in [2.05, 4.69) is 9.97 Å². The van der Waals surface area contributed by atoms with Gasteiger partial charge in [0.25, 0.3) is 0 Å². The largest absolute Gasteiger partial charge is 0.387 e. The van der Waals surface area contributed by atoms with Gasteiger partial charge in [-0.25, -0.2) is 9.97 Å². The van der Waals surface area contributed by atoms with Crippen LogP contribution < -0.4 is 0 Å². The molecular formula is C10H10N2OS2. The minimum atomic E-state index is -0.364. The van der Waals surface area contributed by atoms with Gasteiger partial charge in [-0.2, -0.15) is 0 Å². The topological polar surface area (TPSA) is 46.0 Å². The second kappa shape index (κ2) is 3.66. The minimum Gasteiger partial charge on any atom is -0.387 e. The van der Waals surface area contributed by atoms with Crippen LogP contribution in [0.15, 0.2) is 10.9 Å². The molecule has 0 radical (unpaired) electrons. The van der Waals surface area contributed by atoms with Crippen molar-refractivity contribution in [3.63, 3.8) is 0 Å². The van der Waals surface area contributed by atoms with Crippen LogP contribution in [-0.2, 0) is 6.42 Å². The number of aryl methyl sites for hydroxylation is 1. The van der Waals surface area contributed by atoms with Gasteiger partial charge in [-0.05, 0) is 19.3 Å². The molecule has 2 aromatic heterocycles. The molecule has 78 valence electrons. The summed E-state index contributed by atoms with van der Waals surface area (Å²) in [6, 6.07) is 0. The first-order valence-electron chi connectivity index (χ1n) is 4.91. The van der Waals surface area contributed by atoms with Crippen molar-refractivity contribution in [3.05, 3.63) is 21.5 Å². The third-order valence-corrected chi connectivity index (χ3v) is 4.32. The van der Waals surface area contributed by atoms with E-state index < -0.39 is 0 Å². The van der Waals surface area contributed by atoms with Crippen molar-refractivity contribution in [1.82, 2.24) is 9.97 Å². The summed E-state index contributed by atoms with van der Waals surface area (Å²) in [6.45, 7) is 0. The maximum atomic E-state index is 9.80. The summed E-state index contributed by atoms with van der Waals surface area (Å²) in [5.41, 5.74) is 3.63. The van der Waals surface area contributed by atoms with Crippen LogP contribution in [0.2, 0.25) is 0 Å². The predicted molar refractivity (Wildman–Crippen MR) is 61.1 cm³/mol. The zero-order valence-electron chi connectivity index (χ0n) is 8.01. The molecule has 0 aromatic carbocycles. The van der Waals surface area contributed by atoms with Crippen LogP contribution in [0.3, 0.4) is 0 Å². The molecule has 0 saturated carbocycles. The highest BCUT2D eigenvalue weighted by Gasteiger charge is 2.23. The van der Waals surface area contributed by atoms with Gasteiger partial charge in [0, 0.05) is 10.3 Å². The lowest BCUT2D eigenvalue weighted by Gasteiger charge is -2.14. The molecule has 5 heteroatoms. The van der Waals surface area contributed by atoms with Crippen molar-refractivity contribution in [2.75, 3.05) is 0 Å². The fourth-order valence-corrected chi connectivity index (χ4v) is 3.56. The van der Waals surface area contributed by atoms with Gasteiger partial charge in [-0.15, -0.1) is 22.7 Å². The lowest BCUT2D eigenvalue weighted by molar-refractivity contribution is 0.153. The van der Waals surface area contributed by atoms with Gasteiger partial charge in [0.15, 0.2) is 0 Å². The molecule has 2 heterocycles. The Bertz CT molecular complexity index is 464. The Labute approximate surface area is 95.5 Å². The third-order valence-electron chi connectivity index (χ3n) is 2.58. The smallest absolute Gasteiger partial charge is 0.143 e. The van der Waals surface area contributed by atoms with E-state index in [1.807, 2.05) is 10.9 Å². The standard InChI is InChI=1S/C10H10N2OS2/c13-7-2-1-3-8-9(7)12-10(15-8)6-4-14-5-11-6/h4-5,7,13H,1-3H2. The van der Waals surface area contributed by atoms with E-state index in [1.165, 1.54) is 4.88 Å². The van der Waals surface area contributed by atoms with E-state index in [1.54, 1.807) is 22.7 Å². The molecule has 0 bridgehead atoms. The molecule has 0 amide bonds. The monoisotopic (exact) mass is 238 g/mol. The molecule has 0 aliphatic heterocycles. The molecule has 3 nitrogen and oxygen atoms in total. The first-order valence-corrected chi connectivity index (χ1v) is 6.67. The highest BCUT2D eigenvalue weighted by molar-refractivity contribution is 7.15. The normalized spacial score (nSPS) is 20.2. The quantitative estimate of drug-likeness (QED) is 0.830. The highest BCUT2D eigenvalue weighted by Crippen LogP contribution is 2.36. The summed E-state index contributed by atoms with van der Waals surface area (Å²) >= 11 is 3.24. The van der Waals surface area contributed by atoms with Crippen molar-refractivity contribution in [1.29, 1.82) is 0 Å². The predicted octanol–water partition coefficient (Wildman–Crippen LogP) is 2.64. The van der Waals surface area contributed by atoms with E-state index in [0.717, 1.165) is 35.7 Å². The van der Waals surface area contributed by atoms with E-state index in [-0.39, 0.29) is 6.10 Å². The number of aliphatic hydroxyl groups is 1. The van der Waals surface area contributed by atoms with Crippen LogP contribution in [0.25, 0.3) is 10.7 Å². The third kappa shape index (κ3) is 1.60. The van der Waals surface area contributed by atoms with E-state index >= 15 is 0 Å². The average molecular weight is 238 g/mol. The van der Waals surface area contributed by atoms with E-state index in [0.29, 0.717) is 0 Å². The Hall–Kier alpha value is -0.780. The molecule has 1 unspecified atom stereocenters. The van der Waals surface area contributed by atoms with Crippen molar-refractivity contribution in [3.8, 4) is 10.7 Å². The molecule has 1 atom stereocenters. The van der Waals surface area contributed by atoms with E-state index in [4.69, 9.17) is 0 Å². The zero-order valence-corrected chi connectivity index (χ0v) is 9.64. The van der Waals surface area contributed by atoms with E-state index in [9.17, 15) is 5.11 Å². The molecule has 15 heavy (non-hydrogen) atoms. The zero-order chi connectivity index (χ0) is 10.3. The van der Waals surface area contributed by atoms with Crippen molar-refractivity contribution < 1.29 is 5.11 Å². The van der Waals surface area contributed by atoms with Crippen molar-refractivity contribution >= 4 is 22.7 Å². The summed E-state index contributed by atoms with van der Waals surface area (Å²) < 4.78 is 0. The Morgan fingerprint density at radius 3 is 3.13 bits per heavy atom. The lowest BCUT2D eigenvalue weighted by Crippen LogP contribution is -2.07. The Balaban J connectivity index is 2.06. The van der Waals surface area contributed by atoms with Gasteiger partial charge in [0.1, 0.15) is 10.7 Å². The number of rotatable bonds is 1. The molecule has 1 aliphatic carbocycles. The summed E-state index contributed by atoms with van der Waals surface area (Å²) in [4.78, 5) is 9.96. The fourth-order valence-electron chi connectivity index (χ4n) is 1.82. The molecule has 0 spiro atoms. The molecule has 3 rings (SSSR count). The Morgan fingerprint density at radius 2 is 2.40 bits per heavy atom. The fraction of sp³-hybridized carbons (Fsp3) is 0.400. The van der Waals surface area contributed by atoms with Gasteiger partial charge >= 0.3 is 0 Å². The van der Waals surface area contributed by atoms with Gasteiger partial charge in [-0.1, -0.05) is 0 Å². The summed E-state index contributed by atoms with van der Waals surface area (Å²) in [5.74, 6) is 0. The minimum absolute atomic E-state index is 0.364. The van der Waals surface area contributed by atoms with Crippen molar-refractivity contribution in [2.24, 2.45) is 0 Å². The molecular weight excluding hydrogens is 228 g/mol. The Kier molecular flexibility index (Phi) is 2.31. The first kappa shape index (κ1) is 9.45. The average Bonchev–Trinajstić information content (AvgIpc) is 2.86. The summed E-state index contributed by atoms with van der Waals surface area (Å²) in [6.07, 6.45) is 2.59. The van der Waals surface area contributed by atoms with Crippen LogP contribution in [0.5, 0.6) is 0 Å². The van der Waals surface area contributed by atoms with Gasteiger partial charge in [-0.3, -0.25) is 0 Å². The maximum Gasteiger partial charge on any atom is 0.143 e. The van der Waals surface area contributed by atoms with Crippen LogP contribution in [0, 0.1) is 0 Å². The van der Waals surface area contributed by atoms with Crippen LogP contribution in [-0.4, -0.2) is 15.1 Å².